The third kappa shape index (κ3) is 1.37. The van der Waals surface area contributed by atoms with Gasteiger partial charge in [0, 0.05) is 25.6 Å². The zero-order chi connectivity index (χ0) is 9.26. The number of nitrogens with one attached hydrogen (secondary N) is 1. The van der Waals surface area contributed by atoms with Gasteiger partial charge in [-0.3, -0.25) is 0 Å². The molecule has 72 valence electrons. The molecule has 1 N–H and O–H groups in total. The second-order valence-corrected chi connectivity index (χ2v) is 3.53. The smallest absolute Gasteiger partial charge is 0.0952 e. The maximum Gasteiger partial charge on any atom is 0.0952 e. The first-order valence-electron chi connectivity index (χ1n) is 5.14. The Morgan fingerprint density at radius 1 is 1.62 bits per heavy atom. The van der Waals surface area contributed by atoms with E-state index in [0.717, 1.165) is 25.9 Å². The Morgan fingerprint density at radius 2 is 2.46 bits per heavy atom. The van der Waals surface area contributed by atoms with Crippen LogP contribution in [0.1, 0.15) is 37.7 Å². The number of hydrogen-bond donors (Lipinski definition) is 1. The van der Waals surface area contributed by atoms with Gasteiger partial charge in [-0.25, -0.2) is 4.98 Å². The summed E-state index contributed by atoms with van der Waals surface area (Å²) in [5.74, 6) is 0. The lowest BCUT2D eigenvalue weighted by Gasteiger charge is -2.24. The summed E-state index contributed by atoms with van der Waals surface area (Å²) >= 11 is 0. The van der Waals surface area contributed by atoms with Gasteiger partial charge in [-0.15, -0.1) is 0 Å². The molecule has 0 saturated carbocycles. The molecule has 0 aromatic carbocycles. The number of fused-ring (bicyclic) bond motifs is 1. The molecule has 0 aliphatic carbocycles. The van der Waals surface area contributed by atoms with Crippen molar-refractivity contribution in [1.82, 2.24) is 14.9 Å². The van der Waals surface area contributed by atoms with Gasteiger partial charge in [-0.2, -0.15) is 0 Å². The molecule has 1 aliphatic heterocycles. The van der Waals surface area contributed by atoms with Crippen LogP contribution in [0.4, 0.5) is 0 Å². The van der Waals surface area contributed by atoms with Crippen LogP contribution in [-0.4, -0.2) is 16.1 Å². The Kier molecular flexibility index (Phi) is 2.36. The van der Waals surface area contributed by atoms with Gasteiger partial charge < -0.3 is 9.88 Å². The van der Waals surface area contributed by atoms with Crippen molar-refractivity contribution in [2.24, 2.45) is 0 Å². The standard InChI is InChI=1S/C10H17N3/c1-3-8-10-9(5-6-11-8)12-7-13(10)4-2/h7-8,11H,3-6H2,1-2H3. The Morgan fingerprint density at radius 3 is 3.15 bits per heavy atom. The highest BCUT2D eigenvalue weighted by molar-refractivity contribution is 5.20. The largest absolute Gasteiger partial charge is 0.333 e. The van der Waals surface area contributed by atoms with E-state index in [1.54, 1.807) is 0 Å². The maximum absolute atomic E-state index is 4.45. The van der Waals surface area contributed by atoms with Gasteiger partial charge in [0.05, 0.1) is 17.7 Å². The summed E-state index contributed by atoms with van der Waals surface area (Å²) < 4.78 is 2.26. The van der Waals surface area contributed by atoms with Crippen molar-refractivity contribution in [2.75, 3.05) is 6.54 Å². The fourth-order valence-electron chi connectivity index (χ4n) is 2.08. The zero-order valence-corrected chi connectivity index (χ0v) is 8.38. The van der Waals surface area contributed by atoms with Crippen LogP contribution in [0.15, 0.2) is 6.33 Å². The number of aromatic nitrogens is 2. The van der Waals surface area contributed by atoms with Crippen molar-refractivity contribution in [2.45, 2.75) is 39.3 Å². The van der Waals surface area contributed by atoms with Crippen molar-refractivity contribution in [3.05, 3.63) is 17.7 Å². The topological polar surface area (TPSA) is 29.9 Å². The number of hydrogen-bond acceptors (Lipinski definition) is 2. The summed E-state index contributed by atoms with van der Waals surface area (Å²) in [7, 11) is 0. The number of rotatable bonds is 2. The SMILES string of the molecule is CCC1NCCc2ncn(CC)c21. The molecule has 3 heteroatoms. The molecule has 1 aromatic rings. The van der Waals surface area contributed by atoms with E-state index >= 15 is 0 Å². The van der Waals surface area contributed by atoms with Gasteiger partial charge in [0.15, 0.2) is 0 Å². The monoisotopic (exact) mass is 179 g/mol. The second-order valence-electron chi connectivity index (χ2n) is 3.53. The van der Waals surface area contributed by atoms with Crippen molar-refractivity contribution >= 4 is 0 Å². The summed E-state index contributed by atoms with van der Waals surface area (Å²) in [6.07, 6.45) is 4.21. The van der Waals surface area contributed by atoms with Crippen molar-refractivity contribution in [3.63, 3.8) is 0 Å². The molecule has 1 atom stereocenters. The van der Waals surface area contributed by atoms with E-state index in [1.165, 1.54) is 11.4 Å². The molecule has 3 nitrogen and oxygen atoms in total. The summed E-state index contributed by atoms with van der Waals surface area (Å²) in [6.45, 7) is 6.50. The fourth-order valence-corrected chi connectivity index (χ4v) is 2.08. The lowest BCUT2D eigenvalue weighted by atomic mass is 10.0. The average molecular weight is 179 g/mol. The predicted molar refractivity (Wildman–Crippen MR) is 52.6 cm³/mol. The van der Waals surface area contributed by atoms with E-state index in [2.05, 4.69) is 28.7 Å². The lowest BCUT2D eigenvalue weighted by Crippen LogP contribution is -2.30. The molecule has 1 aliphatic rings. The first-order chi connectivity index (χ1) is 6.36. The molecule has 0 spiro atoms. The molecular weight excluding hydrogens is 162 g/mol. The average Bonchev–Trinajstić information content (AvgIpc) is 2.60. The van der Waals surface area contributed by atoms with Gasteiger partial charge in [-0.1, -0.05) is 6.92 Å². The first kappa shape index (κ1) is 8.75. The summed E-state index contributed by atoms with van der Waals surface area (Å²) in [6, 6.07) is 0.520. The highest BCUT2D eigenvalue weighted by atomic mass is 15.1. The highest BCUT2D eigenvalue weighted by Crippen LogP contribution is 2.24. The van der Waals surface area contributed by atoms with Crippen LogP contribution in [0.3, 0.4) is 0 Å². The predicted octanol–water partition coefficient (Wildman–Crippen LogP) is 1.50. The summed E-state index contributed by atoms with van der Waals surface area (Å²) in [4.78, 5) is 4.45. The molecule has 0 amide bonds. The van der Waals surface area contributed by atoms with E-state index in [9.17, 15) is 0 Å². The normalized spacial score (nSPS) is 21.5. The van der Waals surface area contributed by atoms with Gasteiger partial charge in [0.2, 0.25) is 0 Å². The van der Waals surface area contributed by atoms with Crippen LogP contribution in [0, 0.1) is 0 Å². The van der Waals surface area contributed by atoms with E-state index < -0.39 is 0 Å². The molecule has 2 heterocycles. The highest BCUT2D eigenvalue weighted by Gasteiger charge is 2.22. The minimum atomic E-state index is 0.520. The molecule has 0 radical (unpaired) electrons. The van der Waals surface area contributed by atoms with Gasteiger partial charge in [0.25, 0.3) is 0 Å². The Balaban J connectivity index is 2.39. The number of aryl methyl sites for hydroxylation is 1. The molecule has 1 unspecified atom stereocenters. The second kappa shape index (κ2) is 3.50. The van der Waals surface area contributed by atoms with Crippen molar-refractivity contribution in [3.8, 4) is 0 Å². The third-order valence-corrected chi connectivity index (χ3v) is 2.79. The van der Waals surface area contributed by atoms with Crippen LogP contribution in [0.25, 0.3) is 0 Å². The zero-order valence-electron chi connectivity index (χ0n) is 8.38. The molecule has 2 rings (SSSR count). The maximum atomic E-state index is 4.45. The van der Waals surface area contributed by atoms with Gasteiger partial charge in [-0.05, 0) is 13.3 Å². The minimum Gasteiger partial charge on any atom is -0.333 e. The van der Waals surface area contributed by atoms with E-state index in [4.69, 9.17) is 0 Å². The van der Waals surface area contributed by atoms with E-state index in [-0.39, 0.29) is 0 Å². The van der Waals surface area contributed by atoms with Crippen LogP contribution in [0.2, 0.25) is 0 Å². The molecular formula is C10H17N3. The van der Waals surface area contributed by atoms with Crippen LogP contribution in [0.5, 0.6) is 0 Å². The molecule has 0 bridgehead atoms. The molecule has 0 fully saturated rings. The Hall–Kier alpha value is -0.830. The van der Waals surface area contributed by atoms with E-state index in [0.29, 0.717) is 6.04 Å². The quantitative estimate of drug-likeness (QED) is 0.745. The molecule has 0 saturated heterocycles. The number of imidazole rings is 1. The Labute approximate surface area is 79.2 Å². The van der Waals surface area contributed by atoms with Gasteiger partial charge in [0.1, 0.15) is 0 Å². The van der Waals surface area contributed by atoms with Crippen LogP contribution < -0.4 is 5.32 Å². The van der Waals surface area contributed by atoms with Crippen LogP contribution >= 0.6 is 0 Å². The number of nitrogens with zero attached hydrogens (tertiary/aromatic N) is 2. The van der Waals surface area contributed by atoms with Crippen molar-refractivity contribution < 1.29 is 0 Å². The van der Waals surface area contributed by atoms with Gasteiger partial charge >= 0.3 is 0 Å². The molecule has 13 heavy (non-hydrogen) atoms. The third-order valence-electron chi connectivity index (χ3n) is 2.79. The summed E-state index contributed by atoms with van der Waals surface area (Å²) in [5.41, 5.74) is 2.71. The van der Waals surface area contributed by atoms with Crippen molar-refractivity contribution in [1.29, 1.82) is 0 Å². The fraction of sp³-hybridized carbons (Fsp3) is 0.700. The first-order valence-corrected chi connectivity index (χ1v) is 5.14. The molecule has 1 aromatic heterocycles. The minimum absolute atomic E-state index is 0.520. The summed E-state index contributed by atoms with van der Waals surface area (Å²) in [5, 5.41) is 3.52. The lowest BCUT2D eigenvalue weighted by molar-refractivity contribution is 0.459. The van der Waals surface area contributed by atoms with Crippen LogP contribution in [-0.2, 0) is 13.0 Å². The Bertz CT molecular complexity index is 277. The van der Waals surface area contributed by atoms with E-state index in [1.807, 2.05) is 6.33 Å².